The van der Waals surface area contributed by atoms with Gasteiger partial charge >= 0.3 is 0 Å². The number of carbonyl (C=O) groups excluding carboxylic acids is 1. The highest BCUT2D eigenvalue weighted by Crippen LogP contribution is 2.16. The Hall–Kier alpha value is -0.410. The zero-order valence-electron chi connectivity index (χ0n) is 9.05. The van der Waals surface area contributed by atoms with Crippen molar-refractivity contribution in [1.29, 1.82) is 0 Å². The van der Waals surface area contributed by atoms with Gasteiger partial charge in [-0.2, -0.15) is 0 Å². The van der Waals surface area contributed by atoms with Gasteiger partial charge in [0.2, 0.25) is 0 Å². The van der Waals surface area contributed by atoms with E-state index >= 15 is 0 Å². The van der Waals surface area contributed by atoms with Crippen molar-refractivity contribution in [2.45, 2.75) is 39.7 Å². The maximum Gasteiger partial charge on any atom is 0.189 e. The van der Waals surface area contributed by atoms with Crippen LogP contribution in [-0.4, -0.2) is 31.2 Å². The summed E-state index contributed by atoms with van der Waals surface area (Å²) < 4.78 is 10.5. The van der Waals surface area contributed by atoms with Crippen LogP contribution in [0, 0.1) is 0 Å². The molecule has 0 aromatic carbocycles. The number of hydrogen-bond acceptors (Lipinski definition) is 3. The van der Waals surface area contributed by atoms with E-state index in [1.54, 1.807) is 0 Å². The van der Waals surface area contributed by atoms with Gasteiger partial charge in [-0.1, -0.05) is 6.92 Å². The Morgan fingerprint density at radius 3 is 2.23 bits per heavy atom. The molecule has 1 unspecified atom stereocenters. The predicted octanol–water partition coefficient (Wildman–Crippen LogP) is 1.80. The Kier molecular flexibility index (Phi) is 5.91. The van der Waals surface area contributed by atoms with Gasteiger partial charge in [-0.15, -0.1) is 0 Å². The molecule has 0 bridgehead atoms. The average Bonchev–Trinajstić information content (AvgIpc) is 2.14. The first-order valence-electron chi connectivity index (χ1n) is 4.85. The van der Waals surface area contributed by atoms with Crippen LogP contribution in [0.25, 0.3) is 0 Å². The zero-order valence-corrected chi connectivity index (χ0v) is 9.05. The maximum absolute atomic E-state index is 11.6. The van der Waals surface area contributed by atoms with Crippen molar-refractivity contribution < 1.29 is 14.3 Å². The Bertz CT molecular complexity index is 156. The third-order valence-corrected chi connectivity index (χ3v) is 2.16. The van der Waals surface area contributed by atoms with Crippen LogP contribution < -0.4 is 0 Å². The molecule has 3 heteroatoms. The number of Topliss-reactive ketones (excluding diaryl/α,β-unsaturated/α-hetero) is 1. The zero-order chi connectivity index (χ0) is 10.3. The monoisotopic (exact) mass is 188 g/mol. The topological polar surface area (TPSA) is 35.5 Å². The number of hydrogen-bond donors (Lipinski definition) is 0. The molecule has 0 rings (SSSR count). The lowest BCUT2D eigenvalue weighted by molar-refractivity contribution is -0.147. The van der Waals surface area contributed by atoms with Crippen molar-refractivity contribution in [3.63, 3.8) is 0 Å². The molecule has 0 aromatic heterocycles. The Balaban J connectivity index is 4.12. The number of rotatable bonds is 7. The highest BCUT2D eigenvalue weighted by Gasteiger charge is 2.31. The minimum absolute atomic E-state index is 0.0266. The quantitative estimate of drug-likeness (QED) is 0.611. The lowest BCUT2D eigenvalue weighted by atomic mass is 9.98. The van der Waals surface area contributed by atoms with Crippen molar-refractivity contribution in [3.8, 4) is 0 Å². The van der Waals surface area contributed by atoms with Gasteiger partial charge in [-0.3, -0.25) is 4.79 Å². The molecule has 0 amide bonds. The minimum Gasteiger partial charge on any atom is -0.374 e. The molecule has 0 aliphatic heterocycles. The molecule has 78 valence electrons. The summed E-state index contributed by atoms with van der Waals surface area (Å²) in [5.41, 5.74) is -0.663. The van der Waals surface area contributed by atoms with Crippen molar-refractivity contribution >= 4 is 5.78 Å². The largest absolute Gasteiger partial charge is 0.374 e. The van der Waals surface area contributed by atoms with Gasteiger partial charge in [0.05, 0.1) is 0 Å². The van der Waals surface area contributed by atoms with E-state index in [-0.39, 0.29) is 12.4 Å². The van der Waals surface area contributed by atoms with Crippen LogP contribution >= 0.6 is 0 Å². The van der Waals surface area contributed by atoms with Gasteiger partial charge < -0.3 is 9.47 Å². The van der Waals surface area contributed by atoms with E-state index in [0.29, 0.717) is 19.6 Å². The van der Waals surface area contributed by atoms with Gasteiger partial charge in [0, 0.05) is 13.2 Å². The van der Waals surface area contributed by atoms with Gasteiger partial charge in [0.25, 0.3) is 0 Å². The van der Waals surface area contributed by atoms with E-state index < -0.39 is 5.60 Å². The van der Waals surface area contributed by atoms with Gasteiger partial charge in [-0.25, -0.2) is 0 Å². The fraction of sp³-hybridized carbons (Fsp3) is 0.900. The SMILES string of the molecule is CCOCC(=O)C(C)(CC)OCC. The van der Waals surface area contributed by atoms with Gasteiger partial charge in [-0.05, 0) is 27.2 Å². The molecular formula is C10H20O3. The Morgan fingerprint density at radius 1 is 1.23 bits per heavy atom. The summed E-state index contributed by atoms with van der Waals surface area (Å²) in [5.74, 6) is 0.0266. The van der Waals surface area contributed by atoms with E-state index in [4.69, 9.17) is 9.47 Å². The molecule has 1 atom stereocenters. The molecular weight excluding hydrogens is 168 g/mol. The molecule has 0 aromatic rings. The number of ketones is 1. The van der Waals surface area contributed by atoms with Gasteiger partial charge in [0.15, 0.2) is 5.78 Å². The molecule has 0 saturated carbocycles. The average molecular weight is 188 g/mol. The first-order chi connectivity index (χ1) is 6.10. The summed E-state index contributed by atoms with van der Waals surface area (Å²) in [4.78, 5) is 11.6. The normalized spacial score (nSPS) is 15.4. The van der Waals surface area contributed by atoms with Crippen molar-refractivity contribution in [2.75, 3.05) is 19.8 Å². The van der Waals surface area contributed by atoms with E-state index in [1.807, 2.05) is 27.7 Å². The van der Waals surface area contributed by atoms with E-state index in [1.165, 1.54) is 0 Å². The standard InChI is InChI=1S/C10H20O3/c1-5-10(4,13-7-3)9(11)8-12-6-2/h5-8H2,1-4H3. The molecule has 0 heterocycles. The highest BCUT2D eigenvalue weighted by molar-refractivity contribution is 5.88. The van der Waals surface area contributed by atoms with Crippen molar-refractivity contribution in [2.24, 2.45) is 0 Å². The van der Waals surface area contributed by atoms with E-state index in [0.717, 1.165) is 0 Å². The Labute approximate surface area is 80.4 Å². The maximum atomic E-state index is 11.6. The predicted molar refractivity (Wildman–Crippen MR) is 51.8 cm³/mol. The molecule has 0 spiro atoms. The first kappa shape index (κ1) is 12.6. The lowest BCUT2D eigenvalue weighted by Gasteiger charge is -2.26. The minimum atomic E-state index is -0.663. The van der Waals surface area contributed by atoms with Crippen LogP contribution in [0.4, 0.5) is 0 Å². The fourth-order valence-corrected chi connectivity index (χ4v) is 1.05. The lowest BCUT2D eigenvalue weighted by Crippen LogP contribution is -2.40. The van der Waals surface area contributed by atoms with E-state index in [9.17, 15) is 4.79 Å². The van der Waals surface area contributed by atoms with Crippen LogP contribution in [0.1, 0.15) is 34.1 Å². The second-order valence-corrected chi connectivity index (χ2v) is 3.08. The third-order valence-electron chi connectivity index (χ3n) is 2.16. The van der Waals surface area contributed by atoms with Crippen LogP contribution in [0.3, 0.4) is 0 Å². The van der Waals surface area contributed by atoms with Crippen LogP contribution in [0.5, 0.6) is 0 Å². The summed E-state index contributed by atoms with van der Waals surface area (Å²) in [7, 11) is 0. The summed E-state index contributed by atoms with van der Waals surface area (Å²) >= 11 is 0. The molecule has 0 aliphatic rings. The number of ether oxygens (including phenoxy) is 2. The summed E-state index contributed by atoms with van der Waals surface area (Å²) in [6.45, 7) is 8.80. The van der Waals surface area contributed by atoms with E-state index in [2.05, 4.69) is 0 Å². The molecule has 0 aliphatic carbocycles. The molecule has 0 fully saturated rings. The first-order valence-corrected chi connectivity index (χ1v) is 4.85. The summed E-state index contributed by atoms with van der Waals surface area (Å²) in [5, 5.41) is 0. The van der Waals surface area contributed by atoms with Crippen molar-refractivity contribution in [3.05, 3.63) is 0 Å². The fourth-order valence-electron chi connectivity index (χ4n) is 1.05. The molecule has 3 nitrogen and oxygen atoms in total. The highest BCUT2D eigenvalue weighted by atomic mass is 16.5. The number of carbonyl (C=O) groups is 1. The van der Waals surface area contributed by atoms with Crippen LogP contribution in [0.15, 0.2) is 0 Å². The summed E-state index contributed by atoms with van der Waals surface area (Å²) in [6, 6.07) is 0. The van der Waals surface area contributed by atoms with Crippen molar-refractivity contribution in [1.82, 2.24) is 0 Å². The molecule has 0 saturated heterocycles. The summed E-state index contributed by atoms with van der Waals surface area (Å²) in [6.07, 6.45) is 0.687. The second-order valence-electron chi connectivity index (χ2n) is 3.08. The molecule has 0 N–H and O–H groups in total. The molecule has 0 radical (unpaired) electrons. The van der Waals surface area contributed by atoms with Gasteiger partial charge in [0.1, 0.15) is 12.2 Å². The van der Waals surface area contributed by atoms with Crippen LogP contribution in [-0.2, 0) is 14.3 Å². The second kappa shape index (κ2) is 6.11. The van der Waals surface area contributed by atoms with Crippen LogP contribution in [0.2, 0.25) is 0 Å². The smallest absolute Gasteiger partial charge is 0.189 e. The molecule has 13 heavy (non-hydrogen) atoms. The Morgan fingerprint density at radius 2 is 1.85 bits per heavy atom. The third kappa shape index (κ3) is 3.87.